The monoisotopic (exact) mass is 310 g/mol. The third-order valence-corrected chi connectivity index (χ3v) is 3.62. The molecule has 4 nitrogen and oxygen atoms in total. The molecule has 2 rings (SSSR count). The van der Waals surface area contributed by atoms with Gasteiger partial charge in [0.1, 0.15) is 0 Å². The molecule has 2 N–H and O–H groups in total. The normalized spacial score (nSPS) is 11.4. The Hall–Kier alpha value is -2.88. The summed E-state index contributed by atoms with van der Waals surface area (Å²) in [5, 5.41) is 18.4. The van der Waals surface area contributed by atoms with Crippen LogP contribution in [0.2, 0.25) is 0 Å². The van der Waals surface area contributed by atoms with Crippen molar-refractivity contribution < 1.29 is 19.8 Å². The summed E-state index contributed by atoms with van der Waals surface area (Å²) >= 11 is 0. The molecule has 0 unspecified atom stereocenters. The van der Waals surface area contributed by atoms with Crippen molar-refractivity contribution in [2.75, 3.05) is 0 Å². The quantitative estimate of drug-likeness (QED) is 0.770. The number of hydrogen-bond donors (Lipinski definition) is 2. The van der Waals surface area contributed by atoms with Gasteiger partial charge >= 0.3 is 11.9 Å². The Kier molecular flexibility index (Phi) is 5.69. The van der Waals surface area contributed by atoms with Crippen molar-refractivity contribution in [1.82, 2.24) is 0 Å². The maximum Gasteiger partial charge on any atom is 0.332 e. The minimum absolute atomic E-state index is 0.0785. The number of carboxylic acids is 2. The number of rotatable bonds is 7. The molecule has 0 atom stereocenters. The van der Waals surface area contributed by atoms with Gasteiger partial charge in [-0.1, -0.05) is 60.7 Å². The minimum Gasteiger partial charge on any atom is -0.478 e. The van der Waals surface area contributed by atoms with Crippen molar-refractivity contribution in [2.45, 2.75) is 12.8 Å². The molecule has 2 aromatic carbocycles. The van der Waals surface area contributed by atoms with E-state index in [1.54, 1.807) is 0 Å². The summed E-state index contributed by atoms with van der Waals surface area (Å²) in [4.78, 5) is 22.5. The maximum atomic E-state index is 11.5. The Labute approximate surface area is 134 Å². The van der Waals surface area contributed by atoms with E-state index in [2.05, 4.69) is 0 Å². The molecule has 0 aromatic heterocycles. The number of benzene rings is 2. The van der Waals surface area contributed by atoms with E-state index in [1.165, 1.54) is 0 Å². The predicted octanol–water partition coefficient (Wildman–Crippen LogP) is 3.18. The van der Waals surface area contributed by atoms with Gasteiger partial charge in [0, 0.05) is 11.6 Å². The molecule has 0 saturated heterocycles. The Balaban J connectivity index is 2.33. The van der Waals surface area contributed by atoms with Crippen molar-refractivity contribution in [3.05, 3.63) is 83.4 Å². The van der Waals surface area contributed by atoms with E-state index in [4.69, 9.17) is 5.11 Å². The van der Waals surface area contributed by atoms with Gasteiger partial charge < -0.3 is 10.2 Å². The van der Waals surface area contributed by atoms with Crippen LogP contribution in [0.3, 0.4) is 0 Å². The zero-order valence-corrected chi connectivity index (χ0v) is 12.6. The molecule has 0 radical (unpaired) electrons. The highest BCUT2D eigenvalue weighted by molar-refractivity contribution is 5.95. The highest BCUT2D eigenvalue weighted by Gasteiger charge is 2.22. The van der Waals surface area contributed by atoms with E-state index in [0.29, 0.717) is 12.8 Å². The van der Waals surface area contributed by atoms with Gasteiger partial charge in [-0.15, -0.1) is 0 Å². The fourth-order valence-electron chi connectivity index (χ4n) is 2.58. The van der Waals surface area contributed by atoms with Gasteiger partial charge in [-0.2, -0.15) is 0 Å². The van der Waals surface area contributed by atoms with Crippen LogP contribution in [0.4, 0.5) is 0 Å². The van der Waals surface area contributed by atoms with Gasteiger partial charge in [-0.05, 0) is 29.9 Å². The first-order valence-electron chi connectivity index (χ1n) is 7.32. The Morgan fingerprint density at radius 2 is 1.26 bits per heavy atom. The summed E-state index contributed by atoms with van der Waals surface area (Å²) in [5.74, 6) is -2.84. The number of hydrogen-bond acceptors (Lipinski definition) is 2. The fraction of sp³-hybridized carbons (Fsp3) is 0.158. The molecule has 23 heavy (non-hydrogen) atoms. The molecule has 118 valence electrons. The Morgan fingerprint density at radius 1 is 0.826 bits per heavy atom. The van der Waals surface area contributed by atoms with Gasteiger partial charge in [-0.25, -0.2) is 9.59 Å². The molecule has 0 heterocycles. The molecular weight excluding hydrogens is 292 g/mol. The molecule has 0 aliphatic rings. The number of aliphatic carboxylic acids is 2. The molecule has 2 aromatic rings. The Bertz CT molecular complexity index is 648. The molecule has 0 saturated carbocycles. The standard InChI is InChI=1S/C19H18O4/c20-18(21)13-17(19(22)23)16(11-14-7-3-1-4-8-14)12-15-9-5-2-6-10-15/h1-10,13,16H,11-12H2,(H,20,21)(H,22,23)/b17-13-. The zero-order valence-electron chi connectivity index (χ0n) is 12.6. The molecule has 0 aliphatic heterocycles. The predicted molar refractivity (Wildman–Crippen MR) is 87.1 cm³/mol. The first-order valence-corrected chi connectivity index (χ1v) is 7.32. The van der Waals surface area contributed by atoms with Crippen LogP contribution in [-0.2, 0) is 22.4 Å². The lowest BCUT2D eigenvalue weighted by molar-refractivity contribution is -0.135. The SMILES string of the molecule is O=C(O)/C=C(\C(=O)O)C(Cc1ccccc1)Cc1ccccc1. The summed E-state index contributed by atoms with van der Waals surface area (Å²) in [6.45, 7) is 0. The third-order valence-electron chi connectivity index (χ3n) is 3.62. The molecule has 4 heteroatoms. The van der Waals surface area contributed by atoms with E-state index in [1.807, 2.05) is 60.7 Å². The van der Waals surface area contributed by atoms with Crippen LogP contribution < -0.4 is 0 Å². The van der Waals surface area contributed by atoms with E-state index < -0.39 is 17.9 Å². The van der Waals surface area contributed by atoms with Crippen LogP contribution in [0.25, 0.3) is 0 Å². The van der Waals surface area contributed by atoms with E-state index in [0.717, 1.165) is 17.2 Å². The lowest BCUT2D eigenvalue weighted by Gasteiger charge is -2.18. The first-order chi connectivity index (χ1) is 11.1. The topological polar surface area (TPSA) is 74.6 Å². The molecule has 0 bridgehead atoms. The average Bonchev–Trinajstić information content (AvgIpc) is 2.53. The van der Waals surface area contributed by atoms with Crippen molar-refractivity contribution in [3.8, 4) is 0 Å². The van der Waals surface area contributed by atoms with Crippen molar-refractivity contribution in [1.29, 1.82) is 0 Å². The third kappa shape index (κ3) is 5.11. The zero-order chi connectivity index (χ0) is 16.7. The summed E-state index contributed by atoms with van der Waals surface area (Å²) in [5.41, 5.74) is 1.88. The van der Waals surface area contributed by atoms with Gasteiger partial charge in [-0.3, -0.25) is 0 Å². The molecule has 0 amide bonds. The van der Waals surface area contributed by atoms with Crippen molar-refractivity contribution in [2.24, 2.45) is 5.92 Å². The first kappa shape index (κ1) is 16.5. The van der Waals surface area contributed by atoms with E-state index in [9.17, 15) is 14.7 Å². The number of carboxylic acid groups (broad SMARTS) is 2. The van der Waals surface area contributed by atoms with Crippen molar-refractivity contribution >= 4 is 11.9 Å². The largest absolute Gasteiger partial charge is 0.478 e. The summed E-state index contributed by atoms with van der Waals surface area (Å²) in [6.07, 6.45) is 1.75. The van der Waals surface area contributed by atoms with Crippen molar-refractivity contribution in [3.63, 3.8) is 0 Å². The highest BCUT2D eigenvalue weighted by Crippen LogP contribution is 2.22. The lowest BCUT2D eigenvalue weighted by atomic mass is 9.86. The van der Waals surface area contributed by atoms with Crippen LogP contribution in [0.5, 0.6) is 0 Å². The molecule has 0 spiro atoms. The summed E-state index contributed by atoms with van der Waals surface area (Å²) in [7, 11) is 0. The van der Waals surface area contributed by atoms with E-state index in [-0.39, 0.29) is 5.57 Å². The van der Waals surface area contributed by atoms with Crippen LogP contribution in [0, 0.1) is 5.92 Å². The fourth-order valence-corrected chi connectivity index (χ4v) is 2.58. The van der Waals surface area contributed by atoms with Crippen LogP contribution >= 0.6 is 0 Å². The second-order valence-electron chi connectivity index (χ2n) is 5.32. The average molecular weight is 310 g/mol. The highest BCUT2D eigenvalue weighted by atomic mass is 16.4. The lowest BCUT2D eigenvalue weighted by Crippen LogP contribution is -2.19. The maximum absolute atomic E-state index is 11.5. The van der Waals surface area contributed by atoms with Crippen LogP contribution in [0.1, 0.15) is 11.1 Å². The second kappa shape index (κ2) is 7.94. The van der Waals surface area contributed by atoms with Gasteiger partial charge in [0.05, 0.1) is 0 Å². The second-order valence-corrected chi connectivity index (χ2v) is 5.32. The van der Waals surface area contributed by atoms with Gasteiger partial charge in [0.15, 0.2) is 0 Å². The van der Waals surface area contributed by atoms with Crippen LogP contribution in [0.15, 0.2) is 72.3 Å². The summed E-state index contributed by atoms with van der Waals surface area (Å²) in [6, 6.07) is 19.0. The minimum atomic E-state index is -1.24. The smallest absolute Gasteiger partial charge is 0.332 e. The molecular formula is C19H18O4. The van der Waals surface area contributed by atoms with Gasteiger partial charge in [0.25, 0.3) is 0 Å². The van der Waals surface area contributed by atoms with Gasteiger partial charge in [0.2, 0.25) is 0 Å². The van der Waals surface area contributed by atoms with E-state index >= 15 is 0 Å². The molecule has 0 aliphatic carbocycles. The Morgan fingerprint density at radius 3 is 1.61 bits per heavy atom. The molecule has 0 fully saturated rings. The van der Waals surface area contributed by atoms with Crippen LogP contribution in [-0.4, -0.2) is 22.2 Å². The number of carbonyl (C=O) groups is 2. The summed E-state index contributed by atoms with van der Waals surface area (Å²) < 4.78 is 0.